The van der Waals surface area contributed by atoms with E-state index < -0.39 is 11.7 Å². The Morgan fingerprint density at radius 1 is 1.29 bits per heavy atom. The monoisotopic (exact) mass is 420 g/mol. The third kappa shape index (κ3) is 4.76. The molecule has 1 saturated carbocycles. The summed E-state index contributed by atoms with van der Waals surface area (Å²) in [6.07, 6.45) is 7.37. The van der Waals surface area contributed by atoms with Crippen LogP contribution in [0.4, 0.5) is 4.79 Å². The maximum absolute atomic E-state index is 12.6. The van der Waals surface area contributed by atoms with E-state index in [9.17, 15) is 4.79 Å². The molecular weight excluding hydrogens is 392 g/mol. The highest BCUT2D eigenvalue weighted by Gasteiger charge is 2.33. The van der Waals surface area contributed by atoms with Gasteiger partial charge in [0.15, 0.2) is 0 Å². The number of ether oxygens (including phenoxy) is 1. The van der Waals surface area contributed by atoms with Crippen LogP contribution in [0.15, 0.2) is 24.5 Å². The van der Waals surface area contributed by atoms with Crippen LogP contribution in [0.1, 0.15) is 64.7 Å². The molecule has 8 heteroatoms. The number of rotatable bonds is 4. The summed E-state index contributed by atoms with van der Waals surface area (Å²) in [5.74, 6) is 1.32. The lowest BCUT2D eigenvalue weighted by Crippen LogP contribution is -2.39. The summed E-state index contributed by atoms with van der Waals surface area (Å²) in [4.78, 5) is 29.7. The zero-order valence-electron chi connectivity index (χ0n) is 18.2. The highest BCUT2D eigenvalue weighted by molar-refractivity contribution is 5.98. The van der Waals surface area contributed by atoms with Crippen LogP contribution < -0.4 is 5.32 Å². The highest BCUT2D eigenvalue weighted by atomic mass is 16.6. The number of fused-ring (bicyclic) bond motifs is 3. The van der Waals surface area contributed by atoms with Crippen LogP contribution >= 0.6 is 0 Å². The first-order valence-corrected chi connectivity index (χ1v) is 10.8. The van der Waals surface area contributed by atoms with Gasteiger partial charge in [-0.2, -0.15) is 5.26 Å². The van der Waals surface area contributed by atoms with Gasteiger partial charge in [-0.3, -0.25) is 9.97 Å². The maximum atomic E-state index is 12.6. The molecule has 1 fully saturated rings. The predicted molar refractivity (Wildman–Crippen MR) is 117 cm³/mol. The quantitative estimate of drug-likeness (QED) is 0.627. The minimum absolute atomic E-state index is 0.204. The number of alkyl carbamates (subject to hydrolysis) is 1. The number of hydrogen-bond acceptors (Lipinski definition) is 6. The summed E-state index contributed by atoms with van der Waals surface area (Å²) in [6.45, 7) is 5.54. The molecule has 162 valence electrons. The van der Waals surface area contributed by atoms with E-state index in [2.05, 4.69) is 26.3 Å². The number of carbonyl (C=O) groups excluding carboxylic acids is 1. The van der Waals surface area contributed by atoms with Crippen molar-refractivity contribution in [2.24, 2.45) is 11.8 Å². The van der Waals surface area contributed by atoms with Crippen molar-refractivity contribution in [1.82, 2.24) is 25.3 Å². The van der Waals surface area contributed by atoms with Crippen molar-refractivity contribution in [2.75, 3.05) is 0 Å². The summed E-state index contributed by atoms with van der Waals surface area (Å²) in [5.41, 5.74) is 2.49. The van der Waals surface area contributed by atoms with E-state index >= 15 is 0 Å². The van der Waals surface area contributed by atoms with Gasteiger partial charge in [-0.15, -0.1) is 0 Å². The molecule has 8 nitrogen and oxygen atoms in total. The number of aromatic nitrogens is 4. The van der Waals surface area contributed by atoms with Crippen LogP contribution in [0.25, 0.3) is 22.1 Å². The summed E-state index contributed by atoms with van der Waals surface area (Å²) in [5, 5.41) is 12.1. The van der Waals surface area contributed by atoms with Crippen LogP contribution in [0.3, 0.4) is 0 Å². The van der Waals surface area contributed by atoms with Crippen molar-refractivity contribution >= 4 is 28.2 Å². The third-order valence-electron chi connectivity index (χ3n) is 5.81. The molecule has 0 bridgehead atoms. The summed E-state index contributed by atoms with van der Waals surface area (Å²) >= 11 is 0. The number of aromatic amines is 1. The number of amides is 1. The van der Waals surface area contributed by atoms with Gasteiger partial charge in [0.2, 0.25) is 0 Å². The Balaban J connectivity index is 1.66. The number of nitrogens with one attached hydrogen (secondary N) is 2. The molecule has 3 heterocycles. The van der Waals surface area contributed by atoms with Crippen molar-refractivity contribution in [3.63, 3.8) is 0 Å². The van der Waals surface area contributed by atoms with Crippen LogP contribution in [0, 0.1) is 23.2 Å². The highest BCUT2D eigenvalue weighted by Crippen LogP contribution is 2.38. The molecule has 0 aliphatic heterocycles. The van der Waals surface area contributed by atoms with Gasteiger partial charge in [-0.1, -0.05) is 0 Å². The van der Waals surface area contributed by atoms with Gasteiger partial charge < -0.3 is 15.0 Å². The molecule has 4 rings (SSSR count). The molecular formula is C23H28N6O2. The second-order valence-corrected chi connectivity index (χ2v) is 9.28. The Hall–Kier alpha value is -3.21. The Morgan fingerprint density at radius 2 is 2.06 bits per heavy atom. The van der Waals surface area contributed by atoms with E-state index in [4.69, 9.17) is 15.0 Å². The molecule has 0 radical (unpaired) electrons. The molecule has 0 saturated heterocycles. The largest absolute Gasteiger partial charge is 0.444 e. The van der Waals surface area contributed by atoms with Crippen molar-refractivity contribution < 1.29 is 9.53 Å². The maximum Gasteiger partial charge on any atom is 0.408 e. The fraction of sp³-hybridized carbons (Fsp3) is 0.522. The lowest BCUT2D eigenvalue weighted by atomic mass is 9.77. The number of nitrogens with zero attached hydrogens (tertiary/aromatic N) is 4. The van der Waals surface area contributed by atoms with Gasteiger partial charge in [-0.05, 0) is 70.4 Å². The van der Waals surface area contributed by atoms with Gasteiger partial charge in [0.25, 0.3) is 0 Å². The second kappa shape index (κ2) is 8.50. The smallest absolute Gasteiger partial charge is 0.408 e. The first-order chi connectivity index (χ1) is 14.8. The molecule has 2 N–H and O–H groups in total. The number of hydrogen-bond donors (Lipinski definition) is 2. The van der Waals surface area contributed by atoms with Gasteiger partial charge in [-0.25, -0.2) is 9.78 Å². The van der Waals surface area contributed by atoms with Crippen molar-refractivity contribution in [2.45, 2.75) is 64.5 Å². The van der Waals surface area contributed by atoms with Gasteiger partial charge in [0.05, 0.1) is 29.3 Å². The van der Waals surface area contributed by atoms with Crippen molar-refractivity contribution in [3.05, 3.63) is 30.4 Å². The Labute approximate surface area is 181 Å². The van der Waals surface area contributed by atoms with E-state index in [1.54, 1.807) is 12.4 Å². The molecule has 1 atom stereocenters. The normalized spacial score (nSPS) is 20.3. The van der Waals surface area contributed by atoms with Crippen LogP contribution in [-0.2, 0) is 4.74 Å². The number of nitriles is 1. The van der Waals surface area contributed by atoms with E-state index in [1.165, 1.54) is 0 Å². The Morgan fingerprint density at radius 3 is 2.77 bits per heavy atom. The lowest BCUT2D eigenvalue weighted by molar-refractivity contribution is 0.0468. The van der Waals surface area contributed by atoms with Crippen molar-refractivity contribution in [3.8, 4) is 6.07 Å². The molecule has 3 aromatic heterocycles. The first kappa shape index (κ1) is 21.0. The predicted octanol–water partition coefficient (Wildman–Crippen LogP) is 4.79. The standard InChI is InChI=1S/C23H28N6O2/c1-23(2,3)31-22(30)29-18(15-8-6-14(7-9-15)10-11-24)21-27-17-13-26-16-5-4-12-25-19(16)20(17)28-21/h4-5,12-15,18H,6-10H2,1-3H3,(H,27,28)(H,29,30)/t14-,15-,18?. The van der Waals surface area contributed by atoms with E-state index in [0.29, 0.717) is 18.2 Å². The van der Waals surface area contributed by atoms with Crippen LogP contribution in [0.2, 0.25) is 0 Å². The molecule has 1 unspecified atom stereocenters. The molecule has 3 aromatic rings. The summed E-state index contributed by atoms with van der Waals surface area (Å²) in [6, 6.07) is 5.73. The number of carbonyl (C=O) groups is 1. The number of pyridine rings is 2. The van der Waals surface area contributed by atoms with Gasteiger partial charge in [0, 0.05) is 12.6 Å². The topological polar surface area (TPSA) is 117 Å². The Bertz CT molecular complexity index is 1120. The fourth-order valence-electron chi connectivity index (χ4n) is 4.35. The first-order valence-electron chi connectivity index (χ1n) is 10.8. The van der Waals surface area contributed by atoms with Crippen LogP contribution in [0.5, 0.6) is 0 Å². The average molecular weight is 421 g/mol. The zero-order chi connectivity index (χ0) is 22.0. The molecule has 31 heavy (non-hydrogen) atoms. The SMILES string of the molecule is CC(C)(C)OC(=O)NC(c1nc2cnc3cccnc3c2[nH]1)[C@H]1CC[C@H](CC#N)CC1. The average Bonchev–Trinajstić information content (AvgIpc) is 3.16. The van der Waals surface area contributed by atoms with Crippen molar-refractivity contribution in [1.29, 1.82) is 5.26 Å². The zero-order valence-corrected chi connectivity index (χ0v) is 18.2. The minimum atomic E-state index is -0.586. The molecule has 0 spiro atoms. The minimum Gasteiger partial charge on any atom is -0.444 e. The molecule has 1 amide bonds. The molecule has 0 aromatic carbocycles. The van der Waals surface area contributed by atoms with E-state index in [-0.39, 0.29) is 12.0 Å². The number of H-pyrrole nitrogens is 1. The van der Waals surface area contributed by atoms with Gasteiger partial charge >= 0.3 is 6.09 Å². The number of imidazole rings is 1. The summed E-state index contributed by atoms with van der Waals surface area (Å²) in [7, 11) is 0. The van der Waals surface area contributed by atoms with E-state index in [1.807, 2.05) is 32.9 Å². The van der Waals surface area contributed by atoms with Crippen LogP contribution in [-0.4, -0.2) is 31.6 Å². The third-order valence-corrected chi connectivity index (χ3v) is 5.81. The Kier molecular flexibility index (Phi) is 5.77. The van der Waals surface area contributed by atoms with E-state index in [0.717, 1.165) is 47.8 Å². The van der Waals surface area contributed by atoms with Gasteiger partial charge in [0.1, 0.15) is 22.5 Å². The summed E-state index contributed by atoms with van der Waals surface area (Å²) < 4.78 is 5.53. The molecule has 1 aliphatic carbocycles. The lowest BCUT2D eigenvalue weighted by Gasteiger charge is -2.33. The molecule has 1 aliphatic rings. The fourth-order valence-corrected chi connectivity index (χ4v) is 4.35. The second-order valence-electron chi connectivity index (χ2n) is 9.28.